The van der Waals surface area contributed by atoms with E-state index in [1.165, 1.54) is 26.2 Å². The van der Waals surface area contributed by atoms with Gasteiger partial charge in [0.15, 0.2) is 11.5 Å². The average Bonchev–Trinajstić information content (AvgIpc) is 3.11. The number of Topliss-reactive ketones (excluding diaryl/α,β-unsaturated/α-hetero) is 1. The minimum atomic E-state index is -0.861. The monoisotopic (exact) mass is 512 g/mol. The van der Waals surface area contributed by atoms with Gasteiger partial charge >= 0.3 is 0 Å². The van der Waals surface area contributed by atoms with Gasteiger partial charge < -0.3 is 33.9 Å². The maximum atomic E-state index is 13.4. The van der Waals surface area contributed by atoms with Crippen LogP contribution in [0, 0.1) is 6.92 Å². The van der Waals surface area contributed by atoms with Gasteiger partial charge in [-0.25, -0.2) is 0 Å². The Labute approximate surface area is 218 Å². The molecule has 2 aromatic carbocycles. The number of aliphatic hydroxyl groups is 1. The van der Waals surface area contributed by atoms with E-state index >= 15 is 0 Å². The highest BCUT2D eigenvalue weighted by molar-refractivity contribution is 6.46. The first-order chi connectivity index (χ1) is 17.5. The van der Waals surface area contributed by atoms with Crippen LogP contribution in [-0.2, 0) is 9.59 Å². The second kappa shape index (κ2) is 11.6. The van der Waals surface area contributed by atoms with Crippen LogP contribution < -0.4 is 18.9 Å². The number of hydrogen-bond acceptors (Lipinski definition) is 8. The molecule has 0 bridgehead atoms. The van der Waals surface area contributed by atoms with Crippen molar-refractivity contribution in [2.45, 2.75) is 32.9 Å². The lowest BCUT2D eigenvalue weighted by Crippen LogP contribution is -2.35. The summed E-state index contributed by atoms with van der Waals surface area (Å²) in [4.78, 5) is 30.0. The predicted octanol–water partition coefficient (Wildman–Crippen LogP) is 3.79. The first kappa shape index (κ1) is 27.9. The van der Waals surface area contributed by atoms with Crippen LogP contribution >= 0.6 is 0 Å². The summed E-state index contributed by atoms with van der Waals surface area (Å²) < 4.78 is 22.3. The zero-order chi connectivity index (χ0) is 27.4. The first-order valence-electron chi connectivity index (χ1n) is 12.0. The van der Waals surface area contributed by atoms with Crippen molar-refractivity contribution in [3.05, 3.63) is 52.6 Å². The van der Waals surface area contributed by atoms with Crippen LogP contribution in [0.2, 0.25) is 0 Å². The molecule has 200 valence electrons. The molecule has 0 unspecified atom stereocenters. The van der Waals surface area contributed by atoms with E-state index in [9.17, 15) is 14.7 Å². The summed E-state index contributed by atoms with van der Waals surface area (Å²) in [6.45, 7) is 6.52. The van der Waals surface area contributed by atoms with Crippen molar-refractivity contribution in [1.82, 2.24) is 9.80 Å². The Morgan fingerprint density at radius 1 is 1.00 bits per heavy atom. The maximum Gasteiger partial charge on any atom is 0.295 e. The van der Waals surface area contributed by atoms with E-state index in [1.54, 1.807) is 30.3 Å². The van der Waals surface area contributed by atoms with Gasteiger partial charge in [-0.05, 0) is 76.3 Å². The van der Waals surface area contributed by atoms with E-state index < -0.39 is 17.7 Å². The van der Waals surface area contributed by atoms with Crippen molar-refractivity contribution in [1.29, 1.82) is 0 Å². The van der Waals surface area contributed by atoms with Crippen molar-refractivity contribution in [3.63, 3.8) is 0 Å². The summed E-state index contributed by atoms with van der Waals surface area (Å²) in [6, 6.07) is 7.70. The highest BCUT2D eigenvalue weighted by Gasteiger charge is 2.46. The molecule has 0 aliphatic carbocycles. The van der Waals surface area contributed by atoms with E-state index in [0.29, 0.717) is 40.7 Å². The second-order valence-electron chi connectivity index (χ2n) is 9.40. The van der Waals surface area contributed by atoms with Gasteiger partial charge in [-0.15, -0.1) is 0 Å². The summed E-state index contributed by atoms with van der Waals surface area (Å²) >= 11 is 0. The molecule has 0 saturated carbocycles. The SMILES string of the molecule is COc1cc([C@@H]2C(=C(O)c3ccc(OC(C)C)c(C)c3)C(=O)C(=O)N2CCN(C)C)cc(OC)c1OC. The Kier molecular flexibility index (Phi) is 8.70. The molecular weight excluding hydrogens is 476 g/mol. The Bertz CT molecular complexity index is 1180. The lowest BCUT2D eigenvalue weighted by atomic mass is 9.94. The Balaban J connectivity index is 2.23. The fourth-order valence-electron chi connectivity index (χ4n) is 4.36. The molecule has 0 aromatic heterocycles. The maximum absolute atomic E-state index is 13.4. The van der Waals surface area contributed by atoms with Crippen molar-refractivity contribution < 1.29 is 33.6 Å². The van der Waals surface area contributed by atoms with Crippen molar-refractivity contribution in [2.75, 3.05) is 48.5 Å². The molecule has 0 spiro atoms. The van der Waals surface area contributed by atoms with E-state index in [4.69, 9.17) is 18.9 Å². The molecule has 1 atom stereocenters. The number of aryl methyl sites for hydroxylation is 1. The molecule has 9 heteroatoms. The van der Waals surface area contributed by atoms with Gasteiger partial charge in [0.2, 0.25) is 5.75 Å². The number of hydrogen-bond donors (Lipinski definition) is 1. The molecule has 37 heavy (non-hydrogen) atoms. The van der Waals surface area contributed by atoms with Crippen LogP contribution in [0.25, 0.3) is 5.76 Å². The number of ketones is 1. The van der Waals surface area contributed by atoms with E-state index in [-0.39, 0.29) is 24.0 Å². The normalized spacial score (nSPS) is 17.0. The number of carbonyl (C=O) groups is 2. The highest BCUT2D eigenvalue weighted by Crippen LogP contribution is 2.45. The number of carbonyl (C=O) groups excluding carboxylic acids is 2. The molecule has 1 aliphatic rings. The van der Waals surface area contributed by atoms with Gasteiger partial charge in [-0.3, -0.25) is 9.59 Å². The molecule has 0 radical (unpaired) electrons. The summed E-state index contributed by atoms with van der Waals surface area (Å²) in [5, 5.41) is 11.4. The third kappa shape index (κ3) is 5.67. The molecule has 1 saturated heterocycles. The summed E-state index contributed by atoms with van der Waals surface area (Å²) in [7, 11) is 8.25. The zero-order valence-corrected chi connectivity index (χ0v) is 22.7. The fourth-order valence-corrected chi connectivity index (χ4v) is 4.36. The number of likely N-dealkylation sites (N-methyl/N-ethyl adjacent to an activating group) is 1. The van der Waals surface area contributed by atoms with Crippen LogP contribution in [0.1, 0.15) is 36.6 Å². The number of likely N-dealkylation sites (tertiary alicyclic amines) is 1. The predicted molar refractivity (Wildman–Crippen MR) is 141 cm³/mol. The lowest BCUT2D eigenvalue weighted by Gasteiger charge is -2.27. The molecular formula is C28H36N2O7. The molecule has 3 rings (SSSR count). The summed E-state index contributed by atoms with van der Waals surface area (Å²) in [5.74, 6) is 0.120. The molecule has 1 N–H and O–H groups in total. The van der Waals surface area contributed by atoms with Gasteiger partial charge in [0.05, 0.1) is 39.0 Å². The summed E-state index contributed by atoms with van der Waals surface area (Å²) in [6.07, 6.45) is -0.0137. The number of benzene rings is 2. The number of ether oxygens (including phenoxy) is 4. The Morgan fingerprint density at radius 2 is 1.62 bits per heavy atom. The highest BCUT2D eigenvalue weighted by atomic mass is 16.5. The van der Waals surface area contributed by atoms with Gasteiger partial charge in [0.25, 0.3) is 11.7 Å². The fraction of sp³-hybridized carbons (Fsp3) is 0.429. The lowest BCUT2D eigenvalue weighted by molar-refractivity contribution is -0.140. The molecule has 9 nitrogen and oxygen atoms in total. The zero-order valence-electron chi connectivity index (χ0n) is 22.7. The van der Waals surface area contributed by atoms with E-state index in [2.05, 4.69) is 0 Å². The molecule has 1 heterocycles. The van der Waals surface area contributed by atoms with Crippen molar-refractivity contribution in [2.24, 2.45) is 0 Å². The molecule has 1 amide bonds. The van der Waals surface area contributed by atoms with Crippen molar-refractivity contribution in [3.8, 4) is 23.0 Å². The van der Waals surface area contributed by atoms with Crippen LogP contribution in [0.5, 0.6) is 23.0 Å². The van der Waals surface area contributed by atoms with Gasteiger partial charge in [0.1, 0.15) is 11.5 Å². The topological polar surface area (TPSA) is 97.8 Å². The van der Waals surface area contributed by atoms with Crippen LogP contribution in [0.3, 0.4) is 0 Å². The minimum absolute atomic E-state index is 0.00467. The Morgan fingerprint density at radius 3 is 2.11 bits per heavy atom. The van der Waals surface area contributed by atoms with Gasteiger partial charge in [0, 0.05) is 18.7 Å². The third-order valence-electron chi connectivity index (χ3n) is 6.14. The number of nitrogens with zero attached hydrogens (tertiary/aromatic N) is 2. The summed E-state index contributed by atoms with van der Waals surface area (Å²) in [5.41, 5.74) is 1.75. The Hall–Kier alpha value is -3.72. The average molecular weight is 513 g/mol. The van der Waals surface area contributed by atoms with E-state index in [0.717, 1.165) is 5.56 Å². The number of methoxy groups -OCH3 is 3. The van der Waals surface area contributed by atoms with Crippen LogP contribution in [0.4, 0.5) is 0 Å². The number of rotatable bonds is 10. The van der Waals surface area contributed by atoms with Crippen molar-refractivity contribution >= 4 is 17.4 Å². The first-order valence-corrected chi connectivity index (χ1v) is 12.0. The quantitative estimate of drug-likeness (QED) is 0.292. The number of aliphatic hydroxyl groups excluding tert-OH is 1. The van der Waals surface area contributed by atoms with Gasteiger partial charge in [-0.1, -0.05) is 0 Å². The molecule has 1 aliphatic heterocycles. The van der Waals surface area contributed by atoms with Gasteiger partial charge in [-0.2, -0.15) is 0 Å². The van der Waals surface area contributed by atoms with Crippen LogP contribution in [-0.4, -0.2) is 81.2 Å². The number of amides is 1. The van der Waals surface area contributed by atoms with E-state index in [1.807, 2.05) is 39.8 Å². The standard InChI is InChI=1S/C28H36N2O7/c1-16(2)37-20-10-9-18(13-17(20)3)25(31)23-24(30(12-11-29(4)5)28(33)26(23)32)19-14-21(34-6)27(36-8)22(15-19)35-7/h9-10,13-16,24,31H,11-12H2,1-8H3/t24-/m1/s1. The third-order valence-corrected chi connectivity index (χ3v) is 6.14. The smallest absolute Gasteiger partial charge is 0.295 e. The minimum Gasteiger partial charge on any atom is -0.507 e. The van der Waals surface area contributed by atoms with Crippen LogP contribution in [0.15, 0.2) is 35.9 Å². The second-order valence-corrected chi connectivity index (χ2v) is 9.40. The molecule has 2 aromatic rings. The molecule has 1 fully saturated rings. The largest absolute Gasteiger partial charge is 0.507 e.